The van der Waals surface area contributed by atoms with Gasteiger partial charge in [0.25, 0.3) is 0 Å². The first-order valence-electron chi connectivity index (χ1n) is 10.2. The van der Waals surface area contributed by atoms with E-state index in [1.807, 2.05) is 4.90 Å². The fraction of sp³-hybridized carbons (Fsp3) is 0.600. The molecule has 0 unspecified atom stereocenters. The standard InChI is InChI=1S/C20H27N3O4S/c24-19-13-15(14-23(19)17-5-1-2-6-17)20(25)21-16-7-9-18(10-8-16)28(26,27)22-11-3-4-12-22/h7-10,15,17H,1-6,11-14H2,(H,21,25)/t15-/m0/s1. The molecule has 2 heterocycles. The minimum atomic E-state index is -3.45. The van der Waals surface area contributed by atoms with Gasteiger partial charge in [0.1, 0.15) is 0 Å². The van der Waals surface area contributed by atoms with Gasteiger partial charge in [-0.25, -0.2) is 8.42 Å². The highest BCUT2D eigenvalue weighted by Gasteiger charge is 2.38. The van der Waals surface area contributed by atoms with Gasteiger partial charge in [0.2, 0.25) is 21.8 Å². The zero-order valence-corrected chi connectivity index (χ0v) is 16.8. The van der Waals surface area contributed by atoms with E-state index in [4.69, 9.17) is 0 Å². The molecule has 4 rings (SSSR count). The van der Waals surface area contributed by atoms with Crippen molar-refractivity contribution in [1.82, 2.24) is 9.21 Å². The number of anilines is 1. The Labute approximate surface area is 166 Å². The van der Waals surface area contributed by atoms with E-state index in [-0.39, 0.29) is 29.0 Å². The van der Waals surface area contributed by atoms with Gasteiger partial charge in [0.15, 0.2) is 0 Å². The maximum absolute atomic E-state index is 12.6. The molecule has 1 saturated carbocycles. The Morgan fingerprint density at radius 3 is 2.29 bits per heavy atom. The van der Waals surface area contributed by atoms with E-state index < -0.39 is 10.0 Å². The molecule has 1 aromatic rings. The van der Waals surface area contributed by atoms with Crippen LogP contribution in [0.2, 0.25) is 0 Å². The first-order chi connectivity index (χ1) is 13.4. The monoisotopic (exact) mass is 405 g/mol. The highest BCUT2D eigenvalue weighted by Crippen LogP contribution is 2.30. The summed E-state index contributed by atoms with van der Waals surface area (Å²) in [4.78, 5) is 27.0. The van der Waals surface area contributed by atoms with Crippen molar-refractivity contribution in [3.05, 3.63) is 24.3 Å². The third kappa shape index (κ3) is 3.80. The Hall–Kier alpha value is -1.93. The van der Waals surface area contributed by atoms with Crippen LogP contribution < -0.4 is 5.32 Å². The molecule has 152 valence electrons. The molecule has 1 aliphatic carbocycles. The van der Waals surface area contributed by atoms with Crippen LogP contribution in [-0.4, -0.2) is 55.1 Å². The number of sulfonamides is 1. The average molecular weight is 406 g/mol. The lowest BCUT2D eigenvalue weighted by Crippen LogP contribution is -2.35. The molecule has 2 amide bonds. The summed E-state index contributed by atoms with van der Waals surface area (Å²) in [6, 6.07) is 6.60. The van der Waals surface area contributed by atoms with Crippen molar-refractivity contribution in [1.29, 1.82) is 0 Å². The lowest BCUT2D eigenvalue weighted by Gasteiger charge is -2.23. The number of likely N-dealkylation sites (tertiary alicyclic amines) is 1. The van der Waals surface area contributed by atoms with E-state index in [2.05, 4.69) is 5.32 Å². The summed E-state index contributed by atoms with van der Waals surface area (Å²) in [6.07, 6.45) is 6.41. The number of amides is 2. The summed E-state index contributed by atoms with van der Waals surface area (Å²) in [5, 5.41) is 2.84. The molecule has 1 atom stereocenters. The van der Waals surface area contributed by atoms with Crippen molar-refractivity contribution in [2.45, 2.75) is 55.9 Å². The molecular formula is C20H27N3O4S. The summed E-state index contributed by atoms with van der Waals surface area (Å²) < 4.78 is 26.6. The number of hydrogen-bond donors (Lipinski definition) is 1. The Morgan fingerprint density at radius 1 is 1.00 bits per heavy atom. The van der Waals surface area contributed by atoms with Crippen LogP contribution in [0.4, 0.5) is 5.69 Å². The van der Waals surface area contributed by atoms with Gasteiger partial charge in [-0.2, -0.15) is 4.31 Å². The molecule has 0 radical (unpaired) electrons. The topological polar surface area (TPSA) is 86.8 Å². The van der Waals surface area contributed by atoms with Crippen LogP contribution in [0, 0.1) is 5.92 Å². The Kier molecular flexibility index (Phi) is 5.42. The molecule has 1 aromatic carbocycles. The highest BCUT2D eigenvalue weighted by molar-refractivity contribution is 7.89. The van der Waals surface area contributed by atoms with Crippen LogP contribution in [0.15, 0.2) is 29.2 Å². The minimum Gasteiger partial charge on any atom is -0.339 e. The molecule has 7 nitrogen and oxygen atoms in total. The van der Waals surface area contributed by atoms with Gasteiger partial charge in [0.05, 0.1) is 10.8 Å². The number of benzene rings is 1. The SMILES string of the molecule is O=C(Nc1ccc(S(=O)(=O)N2CCCC2)cc1)[C@H]1CC(=O)N(C2CCCC2)C1. The fourth-order valence-corrected chi connectivity index (χ4v) is 6.03. The second kappa shape index (κ2) is 7.83. The minimum absolute atomic E-state index is 0.0686. The fourth-order valence-electron chi connectivity index (χ4n) is 4.51. The third-order valence-electron chi connectivity index (χ3n) is 6.12. The summed E-state index contributed by atoms with van der Waals surface area (Å²) in [5.74, 6) is -0.454. The smallest absolute Gasteiger partial charge is 0.243 e. The van der Waals surface area contributed by atoms with Gasteiger partial charge in [0, 0.05) is 37.8 Å². The van der Waals surface area contributed by atoms with Gasteiger partial charge in [-0.05, 0) is 49.9 Å². The van der Waals surface area contributed by atoms with Crippen molar-refractivity contribution >= 4 is 27.5 Å². The number of carbonyl (C=O) groups excluding carboxylic acids is 2. The van der Waals surface area contributed by atoms with E-state index in [0.717, 1.165) is 38.5 Å². The predicted octanol–water partition coefficient (Wildman–Crippen LogP) is 2.20. The van der Waals surface area contributed by atoms with Gasteiger partial charge in [-0.3, -0.25) is 9.59 Å². The molecule has 0 aromatic heterocycles. The van der Waals surface area contributed by atoms with E-state index in [1.54, 1.807) is 12.1 Å². The number of carbonyl (C=O) groups is 2. The van der Waals surface area contributed by atoms with Gasteiger partial charge >= 0.3 is 0 Å². The summed E-state index contributed by atoms with van der Waals surface area (Å²) in [7, 11) is -3.45. The zero-order chi connectivity index (χ0) is 19.7. The van der Waals surface area contributed by atoms with Crippen molar-refractivity contribution in [3.8, 4) is 0 Å². The number of nitrogens with one attached hydrogen (secondary N) is 1. The highest BCUT2D eigenvalue weighted by atomic mass is 32.2. The first-order valence-corrected chi connectivity index (χ1v) is 11.6. The molecule has 3 aliphatic rings. The molecule has 8 heteroatoms. The molecule has 2 aliphatic heterocycles. The first kappa shape index (κ1) is 19.4. The number of rotatable bonds is 5. The van der Waals surface area contributed by atoms with Crippen LogP contribution in [-0.2, 0) is 19.6 Å². The molecule has 3 fully saturated rings. The average Bonchev–Trinajstić information content (AvgIpc) is 3.43. The predicted molar refractivity (Wildman–Crippen MR) is 105 cm³/mol. The maximum atomic E-state index is 12.6. The largest absolute Gasteiger partial charge is 0.339 e. The lowest BCUT2D eigenvalue weighted by molar-refractivity contribution is -0.129. The molecule has 1 N–H and O–H groups in total. The summed E-state index contributed by atoms with van der Waals surface area (Å²) >= 11 is 0. The summed E-state index contributed by atoms with van der Waals surface area (Å²) in [5.41, 5.74) is 0.553. The van der Waals surface area contributed by atoms with E-state index in [9.17, 15) is 18.0 Å². The Morgan fingerprint density at radius 2 is 1.64 bits per heavy atom. The maximum Gasteiger partial charge on any atom is 0.243 e. The second-order valence-electron chi connectivity index (χ2n) is 8.01. The molecule has 2 saturated heterocycles. The van der Waals surface area contributed by atoms with E-state index in [1.165, 1.54) is 16.4 Å². The molecule has 28 heavy (non-hydrogen) atoms. The quantitative estimate of drug-likeness (QED) is 0.814. The van der Waals surface area contributed by atoms with Crippen LogP contribution in [0.5, 0.6) is 0 Å². The van der Waals surface area contributed by atoms with Crippen LogP contribution in [0.3, 0.4) is 0 Å². The normalized spacial score (nSPS) is 24.2. The van der Waals surface area contributed by atoms with E-state index >= 15 is 0 Å². The van der Waals surface area contributed by atoms with Crippen LogP contribution in [0.1, 0.15) is 44.9 Å². The van der Waals surface area contributed by atoms with Crippen LogP contribution >= 0.6 is 0 Å². The molecular weight excluding hydrogens is 378 g/mol. The van der Waals surface area contributed by atoms with Crippen molar-refractivity contribution in [2.24, 2.45) is 5.92 Å². The molecule has 0 bridgehead atoms. The Bertz CT molecular complexity index is 841. The number of nitrogens with zero attached hydrogens (tertiary/aromatic N) is 2. The van der Waals surface area contributed by atoms with Gasteiger partial charge in [-0.15, -0.1) is 0 Å². The van der Waals surface area contributed by atoms with Crippen molar-refractivity contribution in [3.63, 3.8) is 0 Å². The molecule has 0 spiro atoms. The summed E-state index contributed by atoms with van der Waals surface area (Å²) in [6.45, 7) is 1.61. The zero-order valence-electron chi connectivity index (χ0n) is 16.0. The van der Waals surface area contributed by atoms with E-state index in [0.29, 0.717) is 31.4 Å². The third-order valence-corrected chi connectivity index (χ3v) is 8.03. The van der Waals surface area contributed by atoms with Crippen LogP contribution in [0.25, 0.3) is 0 Å². The van der Waals surface area contributed by atoms with Crippen molar-refractivity contribution in [2.75, 3.05) is 25.0 Å². The Balaban J connectivity index is 1.38. The lowest BCUT2D eigenvalue weighted by atomic mass is 10.1. The second-order valence-corrected chi connectivity index (χ2v) is 9.95. The van der Waals surface area contributed by atoms with Crippen molar-refractivity contribution < 1.29 is 18.0 Å². The van der Waals surface area contributed by atoms with Gasteiger partial charge < -0.3 is 10.2 Å². The number of hydrogen-bond acceptors (Lipinski definition) is 4. The van der Waals surface area contributed by atoms with Gasteiger partial charge in [-0.1, -0.05) is 12.8 Å².